The zero-order chi connectivity index (χ0) is 8.65. The van der Waals surface area contributed by atoms with Crippen molar-refractivity contribution < 1.29 is 4.79 Å². The minimum Gasteiger partial charge on any atom is -0.356 e. The molecule has 3 nitrogen and oxygen atoms in total. The van der Waals surface area contributed by atoms with E-state index in [1.807, 2.05) is 0 Å². The van der Waals surface area contributed by atoms with Gasteiger partial charge in [-0.15, -0.1) is 0 Å². The van der Waals surface area contributed by atoms with Gasteiger partial charge in [0.25, 0.3) is 0 Å². The molecule has 0 radical (unpaired) electrons. The molecule has 1 amide bonds. The number of nitrogens with one attached hydrogen (secondary N) is 2. The highest BCUT2D eigenvalue weighted by molar-refractivity contribution is 5.75. The summed E-state index contributed by atoms with van der Waals surface area (Å²) in [6.45, 7) is 2.94. The van der Waals surface area contributed by atoms with Gasteiger partial charge < -0.3 is 10.6 Å². The third kappa shape index (κ3) is 4.34. The van der Waals surface area contributed by atoms with Crippen LogP contribution in [-0.2, 0) is 4.79 Å². The molecular weight excluding hydrogens is 152 g/mol. The molecule has 3 heteroatoms. The largest absolute Gasteiger partial charge is 0.356 e. The van der Waals surface area contributed by atoms with E-state index >= 15 is 0 Å². The van der Waals surface area contributed by atoms with Crippen molar-refractivity contribution in [2.24, 2.45) is 0 Å². The van der Waals surface area contributed by atoms with Crippen molar-refractivity contribution in [1.29, 1.82) is 0 Å². The van der Waals surface area contributed by atoms with E-state index < -0.39 is 0 Å². The van der Waals surface area contributed by atoms with E-state index in [0.717, 1.165) is 32.5 Å². The molecule has 0 aromatic carbocycles. The average molecular weight is 170 g/mol. The van der Waals surface area contributed by atoms with E-state index in [4.69, 9.17) is 0 Å². The highest BCUT2D eigenvalue weighted by Gasteiger charge is 2.01. The van der Waals surface area contributed by atoms with E-state index in [0.29, 0.717) is 6.42 Å². The van der Waals surface area contributed by atoms with Gasteiger partial charge in [0.1, 0.15) is 0 Å². The topological polar surface area (TPSA) is 41.1 Å². The van der Waals surface area contributed by atoms with Crippen LogP contribution in [0.2, 0.25) is 0 Å². The molecular formula is C9H18N2O. The Labute approximate surface area is 73.9 Å². The van der Waals surface area contributed by atoms with Crippen molar-refractivity contribution in [3.05, 3.63) is 0 Å². The van der Waals surface area contributed by atoms with Crippen molar-refractivity contribution in [2.45, 2.75) is 32.1 Å². The van der Waals surface area contributed by atoms with E-state index in [1.54, 1.807) is 0 Å². The molecule has 1 aliphatic heterocycles. The standard InChI is InChI=1S/C9H18N2O/c12-9-5-4-7-10-6-2-1-3-8-11-9/h10H,1-8H2,(H,11,12). The number of carbonyl (C=O) groups is 1. The minimum absolute atomic E-state index is 0.207. The summed E-state index contributed by atoms with van der Waals surface area (Å²) in [5.74, 6) is 0.207. The zero-order valence-corrected chi connectivity index (χ0v) is 7.57. The maximum atomic E-state index is 11.1. The minimum atomic E-state index is 0.207. The Morgan fingerprint density at radius 3 is 2.58 bits per heavy atom. The zero-order valence-electron chi connectivity index (χ0n) is 7.57. The van der Waals surface area contributed by atoms with Crippen LogP contribution >= 0.6 is 0 Å². The number of rotatable bonds is 0. The molecule has 0 bridgehead atoms. The molecule has 1 aliphatic rings. The van der Waals surface area contributed by atoms with Crippen LogP contribution in [0.3, 0.4) is 0 Å². The van der Waals surface area contributed by atoms with E-state index in [1.165, 1.54) is 12.8 Å². The second-order valence-corrected chi connectivity index (χ2v) is 3.26. The molecule has 0 spiro atoms. The maximum absolute atomic E-state index is 11.1. The Morgan fingerprint density at radius 2 is 1.67 bits per heavy atom. The molecule has 12 heavy (non-hydrogen) atoms. The SMILES string of the molecule is O=C1CCCNCCCCCN1. The molecule has 1 fully saturated rings. The first-order chi connectivity index (χ1) is 5.89. The van der Waals surface area contributed by atoms with Crippen molar-refractivity contribution in [1.82, 2.24) is 10.6 Å². The summed E-state index contributed by atoms with van der Waals surface area (Å²) in [7, 11) is 0. The number of amides is 1. The molecule has 0 unspecified atom stereocenters. The third-order valence-corrected chi connectivity index (χ3v) is 2.11. The molecule has 1 heterocycles. The molecule has 0 saturated carbocycles. The van der Waals surface area contributed by atoms with Crippen LogP contribution in [0.25, 0.3) is 0 Å². The Kier molecular flexibility index (Phi) is 4.76. The Balaban J connectivity index is 2.17. The van der Waals surface area contributed by atoms with E-state index in [-0.39, 0.29) is 5.91 Å². The summed E-state index contributed by atoms with van der Waals surface area (Å²) in [6.07, 6.45) is 5.20. The van der Waals surface area contributed by atoms with Crippen LogP contribution in [0.4, 0.5) is 0 Å². The summed E-state index contributed by atoms with van der Waals surface area (Å²) in [4.78, 5) is 11.1. The van der Waals surface area contributed by atoms with Crippen LogP contribution in [-0.4, -0.2) is 25.5 Å². The first-order valence-electron chi connectivity index (χ1n) is 4.87. The summed E-state index contributed by atoms with van der Waals surface area (Å²) in [5, 5.41) is 6.24. The maximum Gasteiger partial charge on any atom is 0.220 e. The van der Waals surface area contributed by atoms with Gasteiger partial charge in [-0.2, -0.15) is 0 Å². The summed E-state index contributed by atoms with van der Waals surface area (Å²) in [6, 6.07) is 0. The lowest BCUT2D eigenvalue weighted by molar-refractivity contribution is -0.121. The molecule has 0 aliphatic carbocycles. The Bertz CT molecular complexity index is 122. The summed E-state index contributed by atoms with van der Waals surface area (Å²) >= 11 is 0. The van der Waals surface area contributed by atoms with Gasteiger partial charge in [0.05, 0.1) is 0 Å². The van der Waals surface area contributed by atoms with Crippen LogP contribution < -0.4 is 10.6 Å². The van der Waals surface area contributed by atoms with Crippen LogP contribution in [0.1, 0.15) is 32.1 Å². The van der Waals surface area contributed by atoms with Gasteiger partial charge in [0.15, 0.2) is 0 Å². The van der Waals surface area contributed by atoms with Crippen molar-refractivity contribution in [2.75, 3.05) is 19.6 Å². The molecule has 2 N–H and O–H groups in total. The third-order valence-electron chi connectivity index (χ3n) is 2.11. The number of hydrogen-bond donors (Lipinski definition) is 2. The van der Waals surface area contributed by atoms with Gasteiger partial charge >= 0.3 is 0 Å². The molecule has 1 rings (SSSR count). The van der Waals surface area contributed by atoms with Gasteiger partial charge in [-0.3, -0.25) is 4.79 Å². The van der Waals surface area contributed by atoms with Crippen molar-refractivity contribution in [3.63, 3.8) is 0 Å². The van der Waals surface area contributed by atoms with Gasteiger partial charge in [0, 0.05) is 13.0 Å². The first kappa shape index (κ1) is 9.52. The lowest BCUT2D eigenvalue weighted by atomic mass is 10.2. The summed E-state index contributed by atoms with van der Waals surface area (Å²) in [5.41, 5.74) is 0. The van der Waals surface area contributed by atoms with E-state index in [2.05, 4.69) is 10.6 Å². The highest BCUT2D eigenvalue weighted by Crippen LogP contribution is 1.95. The van der Waals surface area contributed by atoms with Crippen LogP contribution in [0.5, 0.6) is 0 Å². The van der Waals surface area contributed by atoms with Gasteiger partial charge in [-0.25, -0.2) is 0 Å². The van der Waals surface area contributed by atoms with Gasteiger partial charge in [0.2, 0.25) is 5.91 Å². The predicted octanol–water partition coefficient (Wildman–Crippen LogP) is 0.656. The lowest BCUT2D eigenvalue weighted by Crippen LogP contribution is -2.24. The van der Waals surface area contributed by atoms with Crippen LogP contribution in [0.15, 0.2) is 0 Å². The monoisotopic (exact) mass is 170 g/mol. The summed E-state index contributed by atoms with van der Waals surface area (Å²) < 4.78 is 0. The van der Waals surface area contributed by atoms with E-state index in [9.17, 15) is 4.79 Å². The quantitative estimate of drug-likeness (QED) is 0.560. The number of hydrogen-bond acceptors (Lipinski definition) is 2. The normalized spacial score (nSPS) is 22.5. The van der Waals surface area contributed by atoms with Gasteiger partial charge in [-0.05, 0) is 32.4 Å². The lowest BCUT2D eigenvalue weighted by Gasteiger charge is -2.01. The molecule has 0 aromatic heterocycles. The second kappa shape index (κ2) is 6.00. The smallest absolute Gasteiger partial charge is 0.220 e. The fourth-order valence-corrected chi connectivity index (χ4v) is 1.37. The molecule has 70 valence electrons. The fourth-order valence-electron chi connectivity index (χ4n) is 1.37. The fraction of sp³-hybridized carbons (Fsp3) is 0.889. The molecule has 0 aromatic rings. The first-order valence-corrected chi connectivity index (χ1v) is 4.87. The number of carbonyl (C=O) groups excluding carboxylic acids is 1. The van der Waals surface area contributed by atoms with Crippen molar-refractivity contribution in [3.8, 4) is 0 Å². The average Bonchev–Trinajstić information content (AvgIpc) is 2.11. The van der Waals surface area contributed by atoms with Crippen molar-refractivity contribution >= 4 is 5.91 Å². The molecule has 1 saturated heterocycles. The molecule has 0 atom stereocenters. The van der Waals surface area contributed by atoms with Gasteiger partial charge in [-0.1, -0.05) is 6.42 Å². The predicted molar refractivity (Wildman–Crippen MR) is 49.0 cm³/mol. The van der Waals surface area contributed by atoms with Crippen LogP contribution in [0, 0.1) is 0 Å². The Hall–Kier alpha value is -0.570. The second-order valence-electron chi connectivity index (χ2n) is 3.26. The Morgan fingerprint density at radius 1 is 0.917 bits per heavy atom. The highest BCUT2D eigenvalue weighted by atomic mass is 16.1.